The van der Waals surface area contributed by atoms with Gasteiger partial charge in [0.05, 0.1) is 5.02 Å². The molecule has 4 nitrogen and oxygen atoms in total. The molecule has 2 aromatic carbocycles. The Kier molecular flexibility index (Phi) is 4.07. The highest BCUT2D eigenvalue weighted by Gasteiger charge is 2.14. The third-order valence-corrected chi connectivity index (χ3v) is 3.63. The standard InChI is InChI=1S/C16H9Cl2FN2O2/c17-9-5-8-6-12(15(20)23-14(8)13(18)7-9)16(22)21-11-3-1-10(19)2-4-11/h1-7,20H,(H,21,22). The van der Waals surface area contributed by atoms with E-state index < -0.39 is 11.7 Å². The lowest BCUT2D eigenvalue weighted by atomic mass is 10.1. The topological polar surface area (TPSA) is 66.1 Å². The van der Waals surface area contributed by atoms with Crippen molar-refractivity contribution in [1.29, 1.82) is 5.41 Å². The molecule has 0 aliphatic heterocycles. The summed E-state index contributed by atoms with van der Waals surface area (Å²) in [4.78, 5) is 12.3. The van der Waals surface area contributed by atoms with E-state index in [4.69, 9.17) is 33.0 Å². The van der Waals surface area contributed by atoms with Gasteiger partial charge in [0.2, 0.25) is 5.55 Å². The predicted molar refractivity (Wildman–Crippen MR) is 86.4 cm³/mol. The van der Waals surface area contributed by atoms with Crippen molar-refractivity contribution >= 4 is 45.8 Å². The molecule has 3 aromatic rings. The Balaban J connectivity index is 2.01. The van der Waals surface area contributed by atoms with E-state index in [-0.39, 0.29) is 21.7 Å². The second-order valence-electron chi connectivity index (χ2n) is 4.76. The summed E-state index contributed by atoms with van der Waals surface area (Å²) in [5.41, 5.74) is 0.362. The van der Waals surface area contributed by atoms with Crippen molar-refractivity contribution in [2.75, 3.05) is 5.32 Å². The highest BCUT2D eigenvalue weighted by atomic mass is 35.5. The molecular weight excluding hydrogens is 342 g/mol. The molecule has 0 bridgehead atoms. The Morgan fingerprint density at radius 1 is 1.13 bits per heavy atom. The average Bonchev–Trinajstić information content (AvgIpc) is 2.50. The van der Waals surface area contributed by atoms with E-state index in [0.29, 0.717) is 16.1 Å². The number of fused-ring (bicyclic) bond motifs is 1. The number of halogens is 3. The van der Waals surface area contributed by atoms with E-state index in [1.54, 1.807) is 6.07 Å². The molecule has 0 saturated carbocycles. The van der Waals surface area contributed by atoms with E-state index in [0.717, 1.165) is 0 Å². The first-order valence-corrected chi connectivity index (χ1v) is 7.24. The van der Waals surface area contributed by atoms with E-state index in [1.165, 1.54) is 36.4 Å². The fourth-order valence-corrected chi connectivity index (χ4v) is 2.62. The molecular formula is C16H9Cl2FN2O2. The Bertz CT molecular complexity index is 968. The highest BCUT2D eigenvalue weighted by molar-refractivity contribution is 6.38. The summed E-state index contributed by atoms with van der Waals surface area (Å²) in [6, 6.07) is 9.83. The normalized spacial score (nSPS) is 10.7. The van der Waals surface area contributed by atoms with Crippen molar-refractivity contribution in [3.05, 3.63) is 69.4 Å². The Hall–Kier alpha value is -2.37. The van der Waals surface area contributed by atoms with Crippen LogP contribution in [0.3, 0.4) is 0 Å². The maximum absolute atomic E-state index is 12.9. The number of anilines is 1. The van der Waals surface area contributed by atoms with Gasteiger partial charge in [-0.25, -0.2) is 4.39 Å². The van der Waals surface area contributed by atoms with Gasteiger partial charge in [0.15, 0.2) is 5.58 Å². The van der Waals surface area contributed by atoms with Crippen LogP contribution in [0.25, 0.3) is 11.0 Å². The summed E-state index contributed by atoms with van der Waals surface area (Å²) in [5, 5.41) is 11.6. The van der Waals surface area contributed by atoms with Crippen LogP contribution >= 0.6 is 23.2 Å². The average molecular weight is 351 g/mol. The van der Waals surface area contributed by atoms with Gasteiger partial charge in [0, 0.05) is 16.1 Å². The summed E-state index contributed by atoms with van der Waals surface area (Å²) in [7, 11) is 0. The summed E-state index contributed by atoms with van der Waals surface area (Å²) in [5.74, 6) is -0.961. The third kappa shape index (κ3) is 3.21. The third-order valence-electron chi connectivity index (χ3n) is 3.13. The van der Waals surface area contributed by atoms with Gasteiger partial charge >= 0.3 is 0 Å². The molecule has 1 amide bonds. The molecule has 1 heterocycles. The zero-order valence-electron chi connectivity index (χ0n) is 11.5. The zero-order valence-corrected chi connectivity index (χ0v) is 13.0. The quantitative estimate of drug-likeness (QED) is 0.708. The number of nitrogens with one attached hydrogen (secondary N) is 2. The number of amides is 1. The molecule has 2 N–H and O–H groups in total. The second-order valence-corrected chi connectivity index (χ2v) is 5.60. The van der Waals surface area contributed by atoms with Crippen molar-refractivity contribution < 1.29 is 13.6 Å². The van der Waals surface area contributed by atoms with E-state index in [9.17, 15) is 9.18 Å². The number of hydrogen-bond donors (Lipinski definition) is 2. The minimum atomic E-state index is -0.552. The van der Waals surface area contributed by atoms with Crippen LogP contribution in [-0.2, 0) is 0 Å². The minimum Gasteiger partial charge on any atom is -0.437 e. The van der Waals surface area contributed by atoms with Gasteiger partial charge in [-0.1, -0.05) is 23.2 Å². The van der Waals surface area contributed by atoms with Crippen molar-refractivity contribution in [1.82, 2.24) is 0 Å². The molecule has 0 aliphatic carbocycles. The molecule has 116 valence electrons. The van der Waals surface area contributed by atoms with Crippen LogP contribution in [0.1, 0.15) is 10.4 Å². The van der Waals surface area contributed by atoms with E-state index >= 15 is 0 Å². The zero-order chi connectivity index (χ0) is 16.6. The van der Waals surface area contributed by atoms with Gasteiger partial charge in [0.25, 0.3) is 5.91 Å². The summed E-state index contributed by atoms with van der Waals surface area (Å²) in [6.45, 7) is 0. The molecule has 0 spiro atoms. The maximum Gasteiger partial charge on any atom is 0.261 e. The van der Waals surface area contributed by atoms with Crippen LogP contribution in [0, 0.1) is 11.2 Å². The van der Waals surface area contributed by atoms with Crippen LogP contribution in [0.2, 0.25) is 10.0 Å². The smallest absolute Gasteiger partial charge is 0.261 e. The second kappa shape index (κ2) is 6.02. The lowest BCUT2D eigenvalue weighted by molar-refractivity contribution is 0.102. The largest absolute Gasteiger partial charge is 0.437 e. The van der Waals surface area contributed by atoms with Crippen molar-refractivity contribution in [2.45, 2.75) is 0 Å². The van der Waals surface area contributed by atoms with Crippen molar-refractivity contribution in [2.24, 2.45) is 0 Å². The van der Waals surface area contributed by atoms with Crippen LogP contribution in [0.5, 0.6) is 0 Å². The van der Waals surface area contributed by atoms with Gasteiger partial charge in [-0.15, -0.1) is 0 Å². The number of benzene rings is 2. The van der Waals surface area contributed by atoms with Crippen molar-refractivity contribution in [3.8, 4) is 0 Å². The summed E-state index contributed by atoms with van der Waals surface area (Å²) in [6.07, 6.45) is 0. The predicted octanol–water partition coefficient (Wildman–Crippen LogP) is 4.61. The molecule has 3 rings (SSSR count). The molecule has 7 heteroatoms. The first kappa shape index (κ1) is 15.5. The van der Waals surface area contributed by atoms with Crippen LogP contribution < -0.4 is 10.9 Å². The Labute approximate surface area is 140 Å². The molecule has 0 atom stereocenters. The van der Waals surface area contributed by atoms with Crippen LogP contribution in [0.4, 0.5) is 10.1 Å². The fourth-order valence-electron chi connectivity index (χ4n) is 2.07. The Morgan fingerprint density at radius 2 is 1.83 bits per heavy atom. The van der Waals surface area contributed by atoms with Gasteiger partial charge < -0.3 is 9.73 Å². The summed E-state index contributed by atoms with van der Waals surface area (Å²) < 4.78 is 18.2. The first-order valence-electron chi connectivity index (χ1n) is 6.48. The number of hydrogen-bond acceptors (Lipinski definition) is 3. The molecule has 0 aliphatic rings. The molecule has 0 unspecified atom stereocenters. The van der Waals surface area contributed by atoms with Gasteiger partial charge in [-0.2, -0.15) is 0 Å². The number of rotatable bonds is 2. The lowest BCUT2D eigenvalue weighted by Gasteiger charge is -2.07. The molecule has 0 radical (unpaired) electrons. The molecule has 1 aromatic heterocycles. The van der Waals surface area contributed by atoms with Gasteiger partial charge in [-0.05, 0) is 42.5 Å². The molecule has 0 saturated heterocycles. The highest BCUT2D eigenvalue weighted by Crippen LogP contribution is 2.27. The monoisotopic (exact) mass is 350 g/mol. The lowest BCUT2D eigenvalue weighted by Crippen LogP contribution is -2.20. The number of carbonyl (C=O) groups excluding carboxylic acids is 1. The number of carbonyl (C=O) groups is 1. The maximum atomic E-state index is 12.9. The van der Waals surface area contributed by atoms with E-state index in [2.05, 4.69) is 5.32 Å². The van der Waals surface area contributed by atoms with Crippen molar-refractivity contribution in [3.63, 3.8) is 0 Å². The minimum absolute atomic E-state index is 0.0140. The van der Waals surface area contributed by atoms with E-state index in [1.807, 2.05) is 0 Å². The van der Waals surface area contributed by atoms with Gasteiger partial charge in [0.1, 0.15) is 11.4 Å². The molecule has 23 heavy (non-hydrogen) atoms. The fraction of sp³-hybridized carbons (Fsp3) is 0. The Morgan fingerprint density at radius 3 is 2.52 bits per heavy atom. The first-order chi connectivity index (χ1) is 10.9. The summed E-state index contributed by atoms with van der Waals surface area (Å²) >= 11 is 11.9. The molecule has 0 fully saturated rings. The van der Waals surface area contributed by atoms with Crippen LogP contribution in [-0.4, -0.2) is 5.91 Å². The van der Waals surface area contributed by atoms with Gasteiger partial charge in [-0.3, -0.25) is 10.2 Å². The van der Waals surface area contributed by atoms with Crippen LogP contribution in [0.15, 0.2) is 46.9 Å². The SMILES string of the molecule is N=c1oc2c(Cl)cc(Cl)cc2cc1C(=O)Nc1ccc(F)cc1.